The van der Waals surface area contributed by atoms with Crippen molar-refractivity contribution in [2.45, 2.75) is 32.2 Å². The van der Waals surface area contributed by atoms with Gasteiger partial charge in [-0.2, -0.15) is 0 Å². The van der Waals surface area contributed by atoms with Gasteiger partial charge in [0.05, 0.1) is 4.47 Å². The molecule has 0 bridgehead atoms. The largest absolute Gasteiger partial charge is 0.382 e. The summed E-state index contributed by atoms with van der Waals surface area (Å²) in [7, 11) is 0. The van der Waals surface area contributed by atoms with E-state index >= 15 is 0 Å². The summed E-state index contributed by atoms with van der Waals surface area (Å²) in [5.41, 5.74) is 4.78. The van der Waals surface area contributed by atoms with Crippen molar-refractivity contribution in [3.8, 4) is 0 Å². The highest BCUT2D eigenvalue weighted by atomic mass is 79.9. The molecule has 1 N–H and O–H groups in total. The van der Waals surface area contributed by atoms with Gasteiger partial charge < -0.3 is 5.32 Å². The van der Waals surface area contributed by atoms with E-state index in [9.17, 15) is 4.39 Å². The van der Waals surface area contributed by atoms with E-state index in [1.54, 1.807) is 6.07 Å². The Kier molecular flexibility index (Phi) is 4.36. The van der Waals surface area contributed by atoms with E-state index in [2.05, 4.69) is 55.4 Å². The van der Waals surface area contributed by atoms with Crippen LogP contribution < -0.4 is 5.32 Å². The first kappa shape index (κ1) is 15.0. The Morgan fingerprint density at radius 3 is 2.76 bits per heavy atom. The van der Waals surface area contributed by atoms with Gasteiger partial charge in [-0.1, -0.05) is 22.0 Å². The van der Waals surface area contributed by atoms with Gasteiger partial charge in [-0.3, -0.25) is 0 Å². The Labute approximate surface area is 141 Å². The molecule has 21 heavy (non-hydrogen) atoms. The number of anilines is 1. The van der Waals surface area contributed by atoms with Crippen LogP contribution in [0.3, 0.4) is 0 Å². The number of nitrogens with one attached hydrogen (secondary N) is 1. The number of benzene rings is 2. The van der Waals surface area contributed by atoms with E-state index in [0.29, 0.717) is 10.5 Å². The first-order valence-corrected chi connectivity index (χ1v) is 8.61. The van der Waals surface area contributed by atoms with Crippen LogP contribution in [0.25, 0.3) is 0 Å². The monoisotopic (exact) mass is 411 g/mol. The first-order valence-electron chi connectivity index (χ1n) is 7.02. The van der Waals surface area contributed by atoms with Crippen molar-refractivity contribution < 1.29 is 4.39 Å². The fourth-order valence-corrected chi connectivity index (χ4v) is 3.62. The van der Waals surface area contributed by atoms with Crippen LogP contribution in [-0.4, -0.2) is 6.04 Å². The smallest absolute Gasteiger partial charge is 0.137 e. The molecule has 2 aromatic carbocycles. The molecule has 1 atom stereocenters. The molecular weight excluding hydrogens is 397 g/mol. The van der Waals surface area contributed by atoms with Gasteiger partial charge in [-0.05, 0) is 83.1 Å². The molecule has 0 spiro atoms. The quantitative estimate of drug-likeness (QED) is 0.673. The van der Waals surface area contributed by atoms with Crippen molar-refractivity contribution in [1.82, 2.24) is 0 Å². The first-order chi connectivity index (χ1) is 10.0. The van der Waals surface area contributed by atoms with Gasteiger partial charge in [-0.25, -0.2) is 4.39 Å². The molecule has 1 nitrogen and oxygen atoms in total. The molecule has 0 aromatic heterocycles. The minimum absolute atomic E-state index is 0.211. The van der Waals surface area contributed by atoms with Crippen LogP contribution in [0.1, 0.15) is 23.1 Å². The summed E-state index contributed by atoms with van der Waals surface area (Å²) >= 11 is 6.79. The summed E-state index contributed by atoms with van der Waals surface area (Å²) < 4.78 is 15.1. The zero-order valence-corrected chi connectivity index (χ0v) is 14.9. The lowest BCUT2D eigenvalue weighted by Gasteiger charge is -2.27. The lowest BCUT2D eigenvalue weighted by Crippen LogP contribution is -2.27. The van der Waals surface area contributed by atoms with Crippen molar-refractivity contribution in [3.05, 3.63) is 61.8 Å². The van der Waals surface area contributed by atoms with Crippen molar-refractivity contribution >= 4 is 37.5 Å². The van der Waals surface area contributed by atoms with Crippen LogP contribution in [0.5, 0.6) is 0 Å². The molecule has 110 valence electrons. The zero-order valence-electron chi connectivity index (χ0n) is 11.7. The topological polar surface area (TPSA) is 12.0 Å². The van der Waals surface area contributed by atoms with E-state index in [1.807, 2.05) is 13.0 Å². The maximum atomic E-state index is 13.5. The van der Waals surface area contributed by atoms with Crippen molar-refractivity contribution in [2.24, 2.45) is 0 Å². The lowest BCUT2D eigenvalue weighted by molar-refractivity contribution is 0.606. The highest BCUT2D eigenvalue weighted by Crippen LogP contribution is 2.29. The van der Waals surface area contributed by atoms with Gasteiger partial charge in [0.15, 0.2) is 0 Å². The molecule has 0 heterocycles. The molecule has 2 aromatic rings. The van der Waals surface area contributed by atoms with Gasteiger partial charge >= 0.3 is 0 Å². The summed E-state index contributed by atoms with van der Waals surface area (Å²) in [4.78, 5) is 0. The summed E-state index contributed by atoms with van der Waals surface area (Å²) in [6.45, 7) is 1.94. The second-order valence-corrected chi connectivity index (χ2v) is 7.35. The Morgan fingerprint density at radius 1 is 1.14 bits per heavy atom. The van der Waals surface area contributed by atoms with Gasteiger partial charge in [0.25, 0.3) is 0 Å². The molecule has 3 rings (SSSR count). The average Bonchev–Trinajstić information content (AvgIpc) is 2.45. The van der Waals surface area contributed by atoms with E-state index in [0.717, 1.165) is 35.0 Å². The third-order valence-corrected chi connectivity index (χ3v) is 5.12. The van der Waals surface area contributed by atoms with E-state index in [4.69, 9.17) is 0 Å². The zero-order chi connectivity index (χ0) is 15.0. The van der Waals surface area contributed by atoms with Crippen molar-refractivity contribution in [1.29, 1.82) is 0 Å². The van der Waals surface area contributed by atoms with E-state index < -0.39 is 0 Å². The standard InChI is InChI=1S/C17H16Br2FN/c1-10-6-16(20)15(19)9-17(10)21-14-5-3-11-7-13(18)4-2-12(11)8-14/h2,4,6-7,9,14,21H,3,5,8H2,1H3. The molecule has 1 aliphatic carbocycles. The number of hydrogen-bond acceptors (Lipinski definition) is 1. The molecule has 0 fully saturated rings. The van der Waals surface area contributed by atoms with E-state index in [-0.39, 0.29) is 5.82 Å². The molecule has 1 aliphatic rings. The third-order valence-electron chi connectivity index (χ3n) is 4.02. The second-order valence-electron chi connectivity index (χ2n) is 5.58. The molecule has 1 unspecified atom stereocenters. The predicted octanol–water partition coefficient (Wildman–Crippen LogP) is 5.63. The van der Waals surface area contributed by atoms with Crippen LogP contribution in [0.15, 0.2) is 39.3 Å². The van der Waals surface area contributed by atoms with Crippen LogP contribution in [0, 0.1) is 12.7 Å². The van der Waals surface area contributed by atoms with Crippen molar-refractivity contribution in [3.63, 3.8) is 0 Å². The number of fused-ring (bicyclic) bond motifs is 1. The normalized spacial score (nSPS) is 17.4. The SMILES string of the molecule is Cc1cc(F)c(Br)cc1NC1CCc2cc(Br)ccc2C1. The summed E-state index contributed by atoms with van der Waals surface area (Å²) in [6, 6.07) is 10.3. The fourth-order valence-electron chi connectivity index (χ4n) is 2.87. The maximum absolute atomic E-state index is 13.5. The number of hydrogen-bond donors (Lipinski definition) is 1. The summed E-state index contributed by atoms with van der Waals surface area (Å²) in [5, 5.41) is 3.56. The number of halogens is 3. The minimum atomic E-state index is -0.211. The van der Waals surface area contributed by atoms with Crippen LogP contribution in [0.2, 0.25) is 0 Å². The Bertz CT molecular complexity index is 685. The molecular formula is C17H16Br2FN. The maximum Gasteiger partial charge on any atom is 0.137 e. The van der Waals surface area contributed by atoms with Crippen LogP contribution in [-0.2, 0) is 12.8 Å². The number of aryl methyl sites for hydroxylation is 2. The second kappa shape index (κ2) is 6.09. The highest BCUT2D eigenvalue weighted by molar-refractivity contribution is 9.10. The molecule has 0 radical (unpaired) electrons. The molecule has 0 saturated carbocycles. The summed E-state index contributed by atoms with van der Waals surface area (Å²) in [5.74, 6) is -0.211. The summed E-state index contributed by atoms with van der Waals surface area (Å²) in [6.07, 6.45) is 3.18. The lowest BCUT2D eigenvalue weighted by atomic mass is 9.88. The van der Waals surface area contributed by atoms with Crippen LogP contribution >= 0.6 is 31.9 Å². The van der Waals surface area contributed by atoms with Gasteiger partial charge in [0.1, 0.15) is 5.82 Å². The van der Waals surface area contributed by atoms with Crippen LogP contribution in [0.4, 0.5) is 10.1 Å². The van der Waals surface area contributed by atoms with Gasteiger partial charge in [0.2, 0.25) is 0 Å². The minimum Gasteiger partial charge on any atom is -0.382 e. The Hall–Kier alpha value is -0.870. The van der Waals surface area contributed by atoms with Gasteiger partial charge in [-0.15, -0.1) is 0 Å². The van der Waals surface area contributed by atoms with Gasteiger partial charge in [0, 0.05) is 16.2 Å². The Morgan fingerprint density at radius 2 is 1.95 bits per heavy atom. The Balaban J connectivity index is 1.78. The average molecular weight is 413 g/mol. The molecule has 0 saturated heterocycles. The van der Waals surface area contributed by atoms with Crippen molar-refractivity contribution in [2.75, 3.05) is 5.32 Å². The molecule has 0 aliphatic heterocycles. The molecule has 4 heteroatoms. The highest BCUT2D eigenvalue weighted by Gasteiger charge is 2.19. The molecule has 0 amide bonds. The number of rotatable bonds is 2. The van der Waals surface area contributed by atoms with E-state index in [1.165, 1.54) is 11.1 Å². The third kappa shape index (κ3) is 3.32. The fraction of sp³-hybridized carbons (Fsp3) is 0.294. The predicted molar refractivity (Wildman–Crippen MR) is 92.4 cm³/mol.